The lowest BCUT2D eigenvalue weighted by molar-refractivity contribution is -0.122. The molecule has 3 rings (SSSR count). The second-order valence-electron chi connectivity index (χ2n) is 5.83. The molecule has 1 aliphatic rings. The monoisotopic (exact) mass is 294 g/mol. The molecule has 2 unspecified atom stereocenters. The lowest BCUT2D eigenvalue weighted by atomic mass is 9.94. The molecule has 0 saturated heterocycles. The van der Waals surface area contributed by atoms with Gasteiger partial charge in [0.15, 0.2) is 0 Å². The summed E-state index contributed by atoms with van der Waals surface area (Å²) in [6, 6.07) is 18.6. The predicted molar refractivity (Wildman–Crippen MR) is 88.8 cm³/mol. The molecule has 0 fully saturated rings. The number of rotatable bonds is 4. The van der Waals surface area contributed by atoms with E-state index in [4.69, 9.17) is 0 Å². The van der Waals surface area contributed by atoms with Gasteiger partial charge in [-0.3, -0.25) is 4.79 Å². The number of hydrogen-bond donors (Lipinski definition) is 2. The first kappa shape index (κ1) is 14.8. The first-order valence-electron chi connectivity index (χ1n) is 7.89. The standard InChI is InChI=1S/C19H22N2O/c1-14(15-7-3-2-4-8-15)19(22)21-13-18-17-10-6-5-9-16(17)11-12-20-18/h2-10,14,18,20H,11-13H2,1H3,(H,21,22). The first-order valence-corrected chi connectivity index (χ1v) is 7.89. The second kappa shape index (κ2) is 6.75. The third-order valence-electron chi connectivity index (χ3n) is 4.39. The van der Waals surface area contributed by atoms with Crippen LogP contribution in [0.25, 0.3) is 0 Å². The van der Waals surface area contributed by atoms with Gasteiger partial charge in [0.2, 0.25) is 5.91 Å². The SMILES string of the molecule is CC(C(=O)NCC1NCCc2ccccc21)c1ccccc1. The molecule has 0 saturated carbocycles. The molecule has 0 aliphatic carbocycles. The van der Waals surface area contributed by atoms with E-state index in [1.807, 2.05) is 37.3 Å². The number of hydrogen-bond acceptors (Lipinski definition) is 2. The Balaban J connectivity index is 1.62. The molecule has 22 heavy (non-hydrogen) atoms. The lowest BCUT2D eigenvalue weighted by Crippen LogP contribution is -2.40. The van der Waals surface area contributed by atoms with E-state index >= 15 is 0 Å². The van der Waals surface area contributed by atoms with Gasteiger partial charge in [-0.25, -0.2) is 0 Å². The Bertz CT molecular complexity index is 639. The number of nitrogens with one attached hydrogen (secondary N) is 2. The van der Waals surface area contributed by atoms with Crippen LogP contribution in [0.2, 0.25) is 0 Å². The highest BCUT2D eigenvalue weighted by molar-refractivity contribution is 5.83. The van der Waals surface area contributed by atoms with Crippen LogP contribution in [0.1, 0.15) is 35.6 Å². The molecule has 0 bridgehead atoms. The van der Waals surface area contributed by atoms with Gasteiger partial charge in [0.05, 0.1) is 5.92 Å². The van der Waals surface area contributed by atoms with Gasteiger partial charge in [-0.15, -0.1) is 0 Å². The minimum absolute atomic E-state index is 0.0797. The first-order chi connectivity index (χ1) is 10.8. The number of carbonyl (C=O) groups is 1. The van der Waals surface area contributed by atoms with Gasteiger partial charge in [-0.2, -0.15) is 0 Å². The van der Waals surface area contributed by atoms with Gasteiger partial charge in [-0.1, -0.05) is 54.6 Å². The van der Waals surface area contributed by atoms with Crippen LogP contribution in [0.5, 0.6) is 0 Å². The number of benzene rings is 2. The van der Waals surface area contributed by atoms with Crippen LogP contribution >= 0.6 is 0 Å². The highest BCUT2D eigenvalue weighted by Crippen LogP contribution is 2.22. The number of amides is 1. The van der Waals surface area contributed by atoms with Crippen molar-refractivity contribution in [2.75, 3.05) is 13.1 Å². The molecule has 0 radical (unpaired) electrons. The fourth-order valence-corrected chi connectivity index (χ4v) is 3.02. The van der Waals surface area contributed by atoms with Crippen molar-refractivity contribution in [2.45, 2.75) is 25.3 Å². The fraction of sp³-hybridized carbons (Fsp3) is 0.316. The van der Waals surface area contributed by atoms with Crippen molar-refractivity contribution in [1.82, 2.24) is 10.6 Å². The van der Waals surface area contributed by atoms with Crippen LogP contribution < -0.4 is 10.6 Å². The van der Waals surface area contributed by atoms with Crippen molar-refractivity contribution in [3.8, 4) is 0 Å². The van der Waals surface area contributed by atoms with Crippen molar-refractivity contribution >= 4 is 5.91 Å². The van der Waals surface area contributed by atoms with Gasteiger partial charge < -0.3 is 10.6 Å². The van der Waals surface area contributed by atoms with E-state index in [0.717, 1.165) is 18.5 Å². The Morgan fingerprint density at radius 2 is 1.91 bits per heavy atom. The zero-order chi connectivity index (χ0) is 15.4. The summed E-state index contributed by atoms with van der Waals surface area (Å²) in [6.45, 7) is 3.55. The quantitative estimate of drug-likeness (QED) is 0.910. The molecule has 114 valence electrons. The summed E-state index contributed by atoms with van der Waals surface area (Å²) in [5, 5.41) is 6.58. The van der Waals surface area contributed by atoms with Crippen molar-refractivity contribution in [3.63, 3.8) is 0 Å². The summed E-state index contributed by atoms with van der Waals surface area (Å²) in [5.41, 5.74) is 3.75. The van der Waals surface area contributed by atoms with E-state index in [-0.39, 0.29) is 17.9 Å². The summed E-state index contributed by atoms with van der Waals surface area (Å²) >= 11 is 0. The van der Waals surface area contributed by atoms with Crippen molar-refractivity contribution in [2.24, 2.45) is 0 Å². The van der Waals surface area contributed by atoms with Crippen LogP contribution in [-0.2, 0) is 11.2 Å². The van der Waals surface area contributed by atoms with Gasteiger partial charge >= 0.3 is 0 Å². The summed E-state index contributed by atoms with van der Waals surface area (Å²) in [7, 11) is 0. The highest BCUT2D eigenvalue weighted by Gasteiger charge is 2.21. The Labute approximate surface area is 131 Å². The van der Waals surface area contributed by atoms with Crippen molar-refractivity contribution in [1.29, 1.82) is 0 Å². The Morgan fingerprint density at radius 3 is 2.73 bits per heavy atom. The second-order valence-corrected chi connectivity index (χ2v) is 5.83. The number of carbonyl (C=O) groups excluding carboxylic acids is 1. The lowest BCUT2D eigenvalue weighted by Gasteiger charge is -2.27. The Morgan fingerprint density at radius 1 is 1.18 bits per heavy atom. The van der Waals surface area contributed by atoms with E-state index in [9.17, 15) is 4.79 Å². The van der Waals surface area contributed by atoms with Gasteiger partial charge in [-0.05, 0) is 36.6 Å². The van der Waals surface area contributed by atoms with E-state index in [1.165, 1.54) is 11.1 Å². The zero-order valence-electron chi connectivity index (χ0n) is 12.9. The predicted octanol–water partition coefficient (Wildman–Crippen LogP) is 2.79. The molecule has 1 amide bonds. The highest BCUT2D eigenvalue weighted by atomic mass is 16.1. The van der Waals surface area contributed by atoms with E-state index in [0.29, 0.717) is 6.54 Å². The number of fused-ring (bicyclic) bond motifs is 1. The minimum atomic E-state index is -0.125. The molecule has 1 heterocycles. The van der Waals surface area contributed by atoms with Crippen molar-refractivity contribution in [3.05, 3.63) is 71.3 Å². The minimum Gasteiger partial charge on any atom is -0.354 e. The molecule has 2 N–H and O–H groups in total. The third-order valence-corrected chi connectivity index (χ3v) is 4.39. The third kappa shape index (κ3) is 3.20. The Kier molecular flexibility index (Phi) is 4.54. The molecule has 3 heteroatoms. The van der Waals surface area contributed by atoms with Crippen LogP contribution in [0.3, 0.4) is 0 Å². The summed E-state index contributed by atoms with van der Waals surface area (Å²) in [6.07, 6.45) is 1.06. The van der Waals surface area contributed by atoms with Crippen LogP contribution in [0, 0.1) is 0 Å². The normalized spacial score (nSPS) is 18.3. The Hall–Kier alpha value is -2.13. The summed E-state index contributed by atoms with van der Waals surface area (Å²) < 4.78 is 0. The summed E-state index contributed by atoms with van der Waals surface area (Å²) in [5.74, 6) is -0.0453. The molecule has 2 atom stereocenters. The molecular formula is C19H22N2O. The fourth-order valence-electron chi connectivity index (χ4n) is 3.02. The van der Waals surface area contributed by atoms with E-state index < -0.39 is 0 Å². The van der Waals surface area contributed by atoms with Crippen LogP contribution in [-0.4, -0.2) is 19.0 Å². The average molecular weight is 294 g/mol. The smallest absolute Gasteiger partial charge is 0.227 e. The maximum Gasteiger partial charge on any atom is 0.227 e. The van der Waals surface area contributed by atoms with E-state index in [1.54, 1.807) is 0 Å². The average Bonchev–Trinajstić information content (AvgIpc) is 2.59. The maximum atomic E-state index is 12.4. The maximum absolute atomic E-state index is 12.4. The molecule has 1 aliphatic heterocycles. The summed E-state index contributed by atoms with van der Waals surface area (Å²) in [4.78, 5) is 12.4. The van der Waals surface area contributed by atoms with Crippen LogP contribution in [0.4, 0.5) is 0 Å². The van der Waals surface area contributed by atoms with Gasteiger partial charge in [0.1, 0.15) is 0 Å². The molecule has 0 spiro atoms. The largest absolute Gasteiger partial charge is 0.354 e. The van der Waals surface area contributed by atoms with Crippen molar-refractivity contribution < 1.29 is 4.79 Å². The van der Waals surface area contributed by atoms with Crippen LogP contribution in [0.15, 0.2) is 54.6 Å². The molecule has 2 aromatic carbocycles. The molecule has 2 aromatic rings. The van der Waals surface area contributed by atoms with Gasteiger partial charge in [0, 0.05) is 12.6 Å². The zero-order valence-corrected chi connectivity index (χ0v) is 12.9. The van der Waals surface area contributed by atoms with Gasteiger partial charge in [0.25, 0.3) is 0 Å². The molecule has 3 nitrogen and oxygen atoms in total. The topological polar surface area (TPSA) is 41.1 Å². The molecular weight excluding hydrogens is 272 g/mol. The van der Waals surface area contributed by atoms with E-state index in [2.05, 4.69) is 34.9 Å². The molecule has 0 aromatic heterocycles.